The fraction of sp³-hybridized carbons (Fsp3) is 0.182. The van der Waals surface area contributed by atoms with E-state index >= 15 is 0 Å². The van der Waals surface area contributed by atoms with Gasteiger partial charge in [-0.1, -0.05) is 24.0 Å². The number of rotatable bonds is 4. The first-order valence-electron chi connectivity index (χ1n) is 5.08. The van der Waals surface area contributed by atoms with E-state index in [1.54, 1.807) is 18.2 Å². The average molecular weight is 283 g/mol. The number of nitrogens with zero attached hydrogens (tertiary/aromatic N) is 1. The Morgan fingerprint density at radius 2 is 2.39 bits per heavy atom. The summed E-state index contributed by atoms with van der Waals surface area (Å²) in [4.78, 5) is 24.2. The normalized spacial score (nSPS) is 17.8. The molecule has 1 fully saturated rings. The zero-order valence-electron chi connectivity index (χ0n) is 9.16. The van der Waals surface area contributed by atoms with E-state index in [1.165, 1.54) is 11.2 Å². The molecule has 1 aliphatic rings. The predicted molar refractivity (Wildman–Crippen MR) is 70.8 cm³/mol. The minimum absolute atomic E-state index is 0.0928. The zero-order valence-corrected chi connectivity index (χ0v) is 10.8. The Bertz CT molecular complexity index is 521. The largest absolute Gasteiger partial charge is 0.481 e. The van der Waals surface area contributed by atoms with Crippen molar-refractivity contribution in [1.82, 2.24) is 4.90 Å². The van der Waals surface area contributed by atoms with Crippen molar-refractivity contribution in [2.75, 3.05) is 6.54 Å². The summed E-state index contributed by atoms with van der Waals surface area (Å²) in [6.45, 7) is 0.0928. The molecule has 1 aromatic heterocycles. The highest BCUT2D eigenvalue weighted by Gasteiger charge is 2.32. The van der Waals surface area contributed by atoms with E-state index in [0.717, 1.165) is 11.8 Å². The third-order valence-corrected chi connectivity index (χ3v) is 3.62. The van der Waals surface area contributed by atoms with Crippen molar-refractivity contribution in [1.29, 1.82) is 0 Å². The Labute approximate surface area is 112 Å². The van der Waals surface area contributed by atoms with Gasteiger partial charge in [0.25, 0.3) is 5.91 Å². The maximum atomic E-state index is 12.0. The lowest BCUT2D eigenvalue weighted by Crippen LogP contribution is -2.30. The van der Waals surface area contributed by atoms with Crippen LogP contribution in [0.15, 0.2) is 27.7 Å². The molecule has 18 heavy (non-hydrogen) atoms. The van der Waals surface area contributed by atoms with Gasteiger partial charge in [0, 0.05) is 12.6 Å². The monoisotopic (exact) mass is 283 g/mol. The number of aliphatic carboxylic acids is 1. The van der Waals surface area contributed by atoms with Crippen molar-refractivity contribution >= 4 is 46.3 Å². The summed E-state index contributed by atoms with van der Waals surface area (Å²) in [6, 6.07) is 3.45. The van der Waals surface area contributed by atoms with Crippen LogP contribution in [-0.4, -0.2) is 32.7 Å². The first-order valence-corrected chi connectivity index (χ1v) is 6.31. The van der Waals surface area contributed by atoms with Crippen LogP contribution in [0.3, 0.4) is 0 Å². The van der Waals surface area contributed by atoms with Crippen molar-refractivity contribution in [3.05, 3.63) is 29.1 Å². The fourth-order valence-corrected chi connectivity index (χ4v) is 2.69. The quantitative estimate of drug-likeness (QED) is 0.673. The number of amides is 1. The van der Waals surface area contributed by atoms with Gasteiger partial charge in [-0.2, -0.15) is 0 Å². The van der Waals surface area contributed by atoms with Gasteiger partial charge < -0.3 is 9.52 Å². The maximum absolute atomic E-state index is 12.0. The van der Waals surface area contributed by atoms with Gasteiger partial charge >= 0.3 is 5.97 Å². The second kappa shape index (κ2) is 5.36. The van der Waals surface area contributed by atoms with Crippen LogP contribution >= 0.6 is 24.0 Å². The van der Waals surface area contributed by atoms with E-state index in [9.17, 15) is 9.59 Å². The van der Waals surface area contributed by atoms with Crippen LogP contribution in [-0.2, 0) is 9.59 Å². The van der Waals surface area contributed by atoms with Crippen molar-refractivity contribution in [3.8, 4) is 0 Å². The summed E-state index contributed by atoms with van der Waals surface area (Å²) >= 11 is 6.19. The standard InChI is InChI=1S/C11H9NO4S2/c13-9(14)3-4-12-10(15)8(18-11(12)17)6-7-2-1-5-16-7/h1-2,5-6H,3-4H2,(H,13,14). The Morgan fingerprint density at radius 3 is 3.00 bits per heavy atom. The summed E-state index contributed by atoms with van der Waals surface area (Å²) in [6.07, 6.45) is 2.98. The third-order valence-electron chi connectivity index (χ3n) is 2.24. The molecule has 0 saturated carbocycles. The highest BCUT2D eigenvalue weighted by molar-refractivity contribution is 8.26. The molecule has 1 aromatic rings. The number of carbonyl (C=O) groups excluding carboxylic acids is 1. The third kappa shape index (κ3) is 2.80. The van der Waals surface area contributed by atoms with Crippen LogP contribution in [0.2, 0.25) is 0 Å². The molecule has 0 spiro atoms. The van der Waals surface area contributed by atoms with Crippen molar-refractivity contribution in [2.24, 2.45) is 0 Å². The number of hydrogen-bond donors (Lipinski definition) is 1. The Balaban J connectivity index is 2.11. The zero-order chi connectivity index (χ0) is 13.1. The second-order valence-corrected chi connectivity index (χ2v) is 5.17. The van der Waals surface area contributed by atoms with Gasteiger partial charge in [0.15, 0.2) is 0 Å². The van der Waals surface area contributed by atoms with Crippen molar-refractivity contribution in [2.45, 2.75) is 6.42 Å². The highest BCUT2D eigenvalue weighted by atomic mass is 32.2. The molecular formula is C11H9NO4S2. The minimum atomic E-state index is -0.959. The van der Waals surface area contributed by atoms with E-state index in [4.69, 9.17) is 21.7 Å². The lowest BCUT2D eigenvalue weighted by atomic mass is 10.3. The Kier molecular flexibility index (Phi) is 3.83. The molecule has 7 heteroatoms. The molecule has 0 aliphatic carbocycles. The maximum Gasteiger partial charge on any atom is 0.305 e. The van der Waals surface area contributed by atoms with Crippen LogP contribution in [0.1, 0.15) is 12.2 Å². The first-order chi connectivity index (χ1) is 8.58. The Hall–Kier alpha value is -1.60. The van der Waals surface area contributed by atoms with Crippen molar-refractivity contribution in [3.63, 3.8) is 0 Å². The average Bonchev–Trinajstić information content (AvgIpc) is 2.88. The molecule has 94 valence electrons. The molecular weight excluding hydrogens is 274 g/mol. The molecule has 0 aromatic carbocycles. The van der Waals surface area contributed by atoms with E-state index in [0.29, 0.717) is 15.0 Å². The van der Waals surface area contributed by atoms with Gasteiger partial charge in [-0.15, -0.1) is 0 Å². The summed E-state index contributed by atoms with van der Waals surface area (Å²) in [5.74, 6) is -0.671. The summed E-state index contributed by atoms with van der Waals surface area (Å²) in [5, 5.41) is 8.60. The van der Waals surface area contributed by atoms with E-state index in [2.05, 4.69) is 0 Å². The molecule has 1 N–H and O–H groups in total. The summed E-state index contributed by atoms with van der Waals surface area (Å²) in [5.41, 5.74) is 0. The number of furan rings is 1. The molecule has 0 radical (unpaired) electrons. The number of carboxylic acid groups (broad SMARTS) is 1. The van der Waals surface area contributed by atoms with Gasteiger partial charge in [-0.05, 0) is 12.1 Å². The topological polar surface area (TPSA) is 70.8 Å². The highest BCUT2D eigenvalue weighted by Crippen LogP contribution is 2.32. The predicted octanol–water partition coefficient (Wildman–Crippen LogP) is 1.96. The van der Waals surface area contributed by atoms with Crippen LogP contribution in [0.5, 0.6) is 0 Å². The molecule has 0 atom stereocenters. The van der Waals surface area contributed by atoms with Crippen molar-refractivity contribution < 1.29 is 19.1 Å². The molecule has 1 aliphatic heterocycles. The fourth-order valence-electron chi connectivity index (χ4n) is 1.40. The van der Waals surface area contributed by atoms with Gasteiger partial charge in [0.05, 0.1) is 17.6 Å². The molecule has 0 bridgehead atoms. The molecule has 5 nitrogen and oxygen atoms in total. The molecule has 1 amide bonds. The van der Waals surface area contributed by atoms with Crippen LogP contribution in [0.25, 0.3) is 6.08 Å². The number of thiocarbonyl (C=S) groups is 1. The summed E-state index contributed by atoms with van der Waals surface area (Å²) < 4.78 is 5.49. The lowest BCUT2D eigenvalue weighted by molar-refractivity contribution is -0.137. The lowest BCUT2D eigenvalue weighted by Gasteiger charge is -2.12. The molecule has 2 rings (SSSR count). The number of hydrogen-bond acceptors (Lipinski definition) is 5. The van der Waals surface area contributed by atoms with Crippen LogP contribution < -0.4 is 0 Å². The van der Waals surface area contributed by atoms with Gasteiger partial charge in [-0.3, -0.25) is 14.5 Å². The van der Waals surface area contributed by atoms with Gasteiger partial charge in [0.1, 0.15) is 10.1 Å². The van der Waals surface area contributed by atoms with Crippen LogP contribution in [0.4, 0.5) is 0 Å². The second-order valence-electron chi connectivity index (χ2n) is 3.49. The minimum Gasteiger partial charge on any atom is -0.481 e. The van der Waals surface area contributed by atoms with Crippen LogP contribution in [0, 0.1) is 0 Å². The van der Waals surface area contributed by atoms with E-state index in [-0.39, 0.29) is 18.9 Å². The SMILES string of the molecule is O=C(O)CCN1C(=O)C(=Cc2ccco2)SC1=S. The first kappa shape index (κ1) is 12.8. The Morgan fingerprint density at radius 1 is 1.61 bits per heavy atom. The van der Waals surface area contributed by atoms with Gasteiger partial charge in [-0.25, -0.2) is 0 Å². The smallest absolute Gasteiger partial charge is 0.305 e. The molecule has 1 saturated heterocycles. The number of carbonyl (C=O) groups is 2. The summed E-state index contributed by atoms with van der Waals surface area (Å²) in [7, 11) is 0. The number of thioether (sulfide) groups is 1. The van der Waals surface area contributed by atoms with E-state index < -0.39 is 5.97 Å². The van der Waals surface area contributed by atoms with Gasteiger partial charge in [0.2, 0.25) is 0 Å². The van der Waals surface area contributed by atoms with E-state index in [1.807, 2.05) is 0 Å². The number of carboxylic acids is 1. The molecule has 0 unspecified atom stereocenters. The molecule has 2 heterocycles.